The number of benzene rings is 1. The molecule has 114 valence electrons. The van der Waals surface area contributed by atoms with E-state index in [1.54, 1.807) is 9.80 Å². The van der Waals surface area contributed by atoms with E-state index in [1.807, 2.05) is 0 Å². The first-order valence-electron chi connectivity index (χ1n) is 8.27. The zero-order valence-corrected chi connectivity index (χ0v) is 12.8. The van der Waals surface area contributed by atoms with Gasteiger partial charge in [0.2, 0.25) is 6.79 Å². The summed E-state index contributed by atoms with van der Waals surface area (Å²) >= 11 is 0. The lowest BCUT2D eigenvalue weighted by atomic mass is 9.94. The summed E-state index contributed by atoms with van der Waals surface area (Å²) < 4.78 is 11.1. The maximum absolute atomic E-state index is 5.59. The van der Waals surface area contributed by atoms with E-state index in [2.05, 4.69) is 24.4 Å². The Morgan fingerprint density at radius 3 is 2.67 bits per heavy atom. The highest BCUT2D eigenvalue weighted by Crippen LogP contribution is 2.36. The van der Waals surface area contributed by atoms with E-state index in [-0.39, 0.29) is 0 Å². The quantitative estimate of drug-likeness (QED) is 0.557. The lowest BCUT2D eigenvalue weighted by Crippen LogP contribution is -3.28. The van der Waals surface area contributed by atoms with Gasteiger partial charge >= 0.3 is 0 Å². The lowest BCUT2D eigenvalue weighted by molar-refractivity contribution is -1.03. The summed E-state index contributed by atoms with van der Waals surface area (Å²) in [5.74, 6) is 1.87. The molecule has 3 aliphatic heterocycles. The Labute approximate surface area is 125 Å². The molecule has 0 unspecified atom stereocenters. The van der Waals surface area contributed by atoms with Crippen molar-refractivity contribution in [1.29, 1.82) is 0 Å². The molecule has 0 radical (unpaired) electrons. The number of rotatable bonds is 2. The van der Waals surface area contributed by atoms with E-state index in [0.29, 0.717) is 12.8 Å². The van der Waals surface area contributed by atoms with Crippen molar-refractivity contribution in [1.82, 2.24) is 0 Å². The van der Waals surface area contributed by atoms with Gasteiger partial charge in [-0.25, -0.2) is 0 Å². The van der Waals surface area contributed by atoms with E-state index in [1.165, 1.54) is 50.4 Å². The number of fused-ring (bicyclic) bond motifs is 2. The van der Waals surface area contributed by atoms with Crippen LogP contribution in [0, 0.1) is 0 Å². The molecule has 0 aromatic heterocycles. The Morgan fingerprint density at radius 2 is 1.90 bits per heavy atom. The predicted molar refractivity (Wildman–Crippen MR) is 77.7 cm³/mol. The van der Waals surface area contributed by atoms with Crippen molar-refractivity contribution >= 4 is 0 Å². The average Bonchev–Trinajstić information content (AvgIpc) is 2.99. The molecule has 3 aliphatic rings. The summed E-state index contributed by atoms with van der Waals surface area (Å²) in [6.07, 6.45) is 0. The number of nitrogens with two attached hydrogens (primary N) is 1. The van der Waals surface area contributed by atoms with Gasteiger partial charge in [-0.15, -0.1) is 0 Å². The zero-order valence-electron chi connectivity index (χ0n) is 12.8. The van der Waals surface area contributed by atoms with Gasteiger partial charge in [0, 0.05) is 11.1 Å². The van der Waals surface area contributed by atoms with E-state index >= 15 is 0 Å². The van der Waals surface area contributed by atoms with Crippen molar-refractivity contribution < 1.29 is 24.6 Å². The van der Waals surface area contributed by atoms with Crippen LogP contribution in [-0.4, -0.2) is 46.1 Å². The fourth-order valence-corrected chi connectivity index (χ4v) is 4.05. The van der Waals surface area contributed by atoms with Crippen molar-refractivity contribution in [2.45, 2.75) is 19.5 Å². The molecule has 21 heavy (non-hydrogen) atoms. The first kappa shape index (κ1) is 13.4. The van der Waals surface area contributed by atoms with Gasteiger partial charge in [-0.3, -0.25) is 0 Å². The normalized spacial score (nSPS) is 31.0. The first-order valence-corrected chi connectivity index (χ1v) is 8.27. The van der Waals surface area contributed by atoms with Crippen LogP contribution in [0.2, 0.25) is 0 Å². The van der Waals surface area contributed by atoms with Crippen molar-refractivity contribution in [2.24, 2.45) is 0 Å². The van der Waals surface area contributed by atoms with Gasteiger partial charge in [0.25, 0.3) is 0 Å². The predicted octanol–water partition coefficient (Wildman–Crippen LogP) is -2.66. The van der Waals surface area contributed by atoms with Crippen LogP contribution in [0.4, 0.5) is 0 Å². The van der Waals surface area contributed by atoms with Gasteiger partial charge in [-0.1, -0.05) is 0 Å². The van der Waals surface area contributed by atoms with E-state index in [9.17, 15) is 0 Å². The molecule has 1 aromatic rings. The van der Waals surface area contributed by atoms with Gasteiger partial charge < -0.3 is 24.6 Å². The second-order valence-corrected chi connectivity index (χ2v) is 6.45. The summed E-state index contributed by atoms with van der Waals surface area (Å²) in [6.45, 7) is 11.4. The molecule has 3 heterocycles. The van der Waals surface area contributed by atoms with Crippen LogP contribution < -0.4 is 24.6 Å². The molecule has 0 aliphatic carbocycles. The van der Waals surface area contributed by atoms with Gasteiger partial charge in [-0.05, 0) is 19.1 Å². The SMILES string of the molecule is CC[NH+]1CC[NH+]([C@@H]2C[NH2+]Cc3cc4c(cc32)OCO4)CC1. The number of hydrogen-bond acceptors (Lipinski definition) is 2. The van der Waals surface area contributed by atoms with Crippen molar-refractivity contribution in [2.75, 3.05) is 46.1 Å². The zero-order chi connectivity index (χ0) is 14.2. The third kappa shape index (κ3) is 2.39. The van der Waals surface area contributed by atoms with Crippen molar-refractivity contribution in [3.05, 3.63) is 23.3 Å². The summed E-state index contributed by atoms with van der Waals surface area (Å²) in [5.41, 5.74) is 2.94. The molecule has 1 saturated heterocycles. The number of hydrogen-bond donors (Lipinski definition) is 3. The number of quaternary nitrogens is 3. The van der Waals surface area contributed by atoms with Gasteiger partial charge in [0.05, 0.1) is 6.54 Å². The van der Waals surface area contributed by atoms with Crippen LogP contribution >= 0.6 is 0 Å². The van der Waals surface area contributed by atoms with Gasteiger partial charge in [0.1, 0.15) is 39.3 Å². The maximum Gasteiger partial charge on any atom is 0.231 e. The fourth-order valence-electron chi connectivity index (χ4n) is 4.05. The monoisotopic (exact) mass is 292 g/mol. The minimum atomic E-state index is 0.373. The smallest absolute Gasteiger partial charge is 0.231 e. The second kappa shape index (κ2) is 5.48. The third-order valence-corrected chi connectivity index (χ3v) is 5.37. The highest BCUT2D eigenvalue weighted by molar-refractivity contribution is 5.49. The molecule has 4 N–H and O–H groups in total. The standard InChI is InChI=1S/C16H23N3O2/c1-2-18-3-5-19(6-4-18)14-10-17-9-12-7-15-16(8-13(12)14)21-11-20-15/h7-8,14,17H,2-6,9-11H2,1H3/p+3/t14-/m1/s1. The minimum absolute atomic E-state index is 0.373. The van der Waals surface area contributed by atoms with Gasteiger partial charge in [-0.2, -0.15) is 0 Å². The Balaban J connectivity index is 1.59. The topological polar surface area (TPSA) is 44.0 Å². The Morgan fingerprint density at radius 1 is 1.14 bits per heavy atom. The summed E-state index contributed by atoms with van der Waals surface area (Å²) in [5, 5.41) is 2.45. The Kier molecular flexibility index (Phi) is 3.49. The molecule has 5 nitrogen and oxygen atoms in total. The maximum atomic E-state index is 5.59. The second-order valence-electron chi connectivity index (χ2n) is 6.45. The molecule has 1 fully saturated rings. The van der Waals surface area contributed by atoms with Crippen LogP contribution in [0.3, 0.4) is 0 Å². The van der Waals surface area contributed by atoms with Crippen LogP contribution in [0.15, 0.2) is 12.1 Å². The van der Waals surface area contributed by atoms with E-state index in [0.717, 1.165) is 18.0 Å². The molecule has 0 spiro atoms. The fraction of sp³-hybridized carbons (Fsp3) is 0.625. The highest BCUT2D eigenvalue weighted by atomic mass is 16.7. The third-order valence-electron chi connectivity index (χ3n) is 5.37. The minimum Gasteiger partial charge on any atom is -0.454 e. The largest absolute Gasteiger partial charge is 0.454 e. The van der Waals surface area contributed by atoms with Crippen LogP contribution in [0.1, 0.15) is 24.1 Å². The summed E-state index contributed by atoms with van der Waals surface area (Å²) in [6, 6.07) is 5.07. The van der Waals surface area contributed by atoms with Crippen LogP contribution in [-0.2, 0) is 6.54 Å². The van der Waals surface area contributed by atoms with Gasteiger partial charge in [0.15, 0.2) is 17.5 Å². The highest BCUT2D eigenvalue weighted by Gasteiger charge is 2.36. The Hall–Kier alpha value is -1.30. The first-order chi connectivity index (χ1) is 10.3. The molecule has 4 rings (SSSR count). The molecule has 5 heteroatoms. The van der Waals surface area contributed by atoms with Crippen molar-refractivity contribution in [3.8, 4) is 11.5 Å². The molecular formula is C16H26N3O2+3. The molecule has 0 saturated carbocycles. The van der Waals surface area contributed by atoms with Crippen LogP contribution in [0.5, 0.6) is 11.5 Å². The lowest BCUT2D eigenvalue weighted by Gasteiger charge is -2.35. The molecule has 0 bridgehead atoms. The van der Waals surface area contributed by atoms with Crippen molar-refractivity contribution in [3.63, 3.8) is 0 Å². The van der Waals surface area contributed by atoms with E-state index < -0.39 is 0 Å². The van der Waals surface area contributed by atoms with E-state index in [4.69, 9.17) is 9.47 Å². The Bertz CT molecular complexity index is 526. The average molecular weight is 292 g/mol. The number of likely N-dealkylation sites (N-methyl/N-ethyl adjacent to an activating group) is 1. The molecule has 1 atom stereocenters. The van der Waals surface area contributed by atoms with Crippen LogP contribution in [0.25, 0.3) is 0 Å². The number of nitrogens with one attached hydrogen (secondary N) is 2. The molecule has 0 amide bonds. The summed E-state index contributed by atoms with van der Waals surface area (Å²) in [7, 11) is 0. The number of piperazine rings is 1. The number of ether oxygens (including phenoxy) is 2. The molecule has 1 aromatic carbocycles. The summed E-state index contributed by atoms with van der Waals surface area (Å²) in [4.78, 5) is 3.51. The molecular weight excluding hydrogens is 266 g/mol.